The van der Waals surface area contributed by atoms with Crippen LogP contribution in [-0.4, -0.2) is 0 Å². The minimum atomic E-state index is 0.624. The summed E-state index contributed by atoms with van der Waals surface area (Å²) in [7, 11) is 0. The molecule has 0 amide bonds. The maximum absolute atomic E-state index is 8.67. The van der Waals surface area contributed by atoms with Crippen LogP contribution < -0.4 is 0 Å². The van der Waals surface area contributed by atoms with E-state index in [-0.39, 0.29) is 0 Å². The summed E-state index contributed by atoms with van der Waals surface area (Å²) >= 11 is 4.10. The normalized spacial score (nSPS) is 8.67. The molecule has 0 fully saturated rings. The van der Waals surface area contributed by atoms with Crippen molar-refractivity contribution in [1.82, 2.24) is 0 Å². The van der Waals surface area contributed by atoms with Crippen molar-refractivity contribution in [2.24, 2.45) is 0 Å². The first kappa shape index (κ1) is 9.75. The van der Waals surface area contributed by atoms with Gasteiger partial charge in [-0.1, -0.05) is 0 Å². The lowest BCUT2D eigenvalue weighted by atomic mass is 10.2. The number of benzene rings is 1. The molecule has 0 spiro atoms. The Morgan fingerprint density at radius 3 is 1.50 bits per heavy atom. The van der Waals surface area contributed by atoms with Crippen LogP contribution in [0.15, 0.2) is 12.1 Å². The van der Waals surface area contributed by atoms with Gasteiger partial charge in [0, 0.05) is 7.14 Å². The van der Waals surface area contributed by atoms with Crippen LogP contribution in [0.2, 0.25) is 0 Å². The van der Waals surface area contributed by atoms with E-state index in [0.29, 0.717) is 11.1 Å². The van der Waals surface area contributed by atoms with Crippen LogP contribution in [0.3, 0.4) is 0 Å². The molecule has 0 radical (unpaired) electrons. The van der Waals surface area contributed by atoms with Crippen molar-refractivity contribution >= 4 is 45.2 Å². The zero-order valence-corrected chi connectivity index (χ0v) is 10.1. The molecule has 0 aliphatic heterocycles. The molecule has 12 heavy (non-hydrogen) atoms. The molecule has 4 heteroatoms. The number of rotatable bonds is 0. The first-order chi connectivity index (χ1) is 5.69. The summed E-state index contributed by atoms with van der Waals surface area (Å²) in [6.07, 6.45) is 0. The fourth-order valence-electron chi connectivity index (χ4n) is 0.718. The molecule has 0 saturated carbocycles. The van der Waals surface area contributed by atoms with Crippen molar-refractivity contribution in [3.8, 4) is 12.1 Å². The molecule has 0 unspecified atom stereocenters. The summed E-state index contributed by atoms with van der Waals surface area (Å²) < 4.78 is 1.65. The van der Waals surface area contributed by atoms with Gasteiger partial charge in [-0.05, 0) is 57.3 Å². The van der Waals surface area contributed by atoms with Crippen LogP contribution in [0.1, 0.15) is 11.1 Å². The SMILES string of the molecule is N#Cc1cc(I)c(C#N)cc1I. The van der Waals surface area contributed by atoms with Gasteiger partial charge < -0.3 is 0 Å². The van der Waals surface area contributed by atoms with Gasteiger partial charge in [-0.3, -0.25) is 0 Å². The topological polar surface area (TPSA) is 47.6 Å². The molecule has 0 atom stereocenters. The standard InChI is InChI=1S/C8H2I2N2/c9-7-1-5(3-11)8(10)2-6(7)4-12/h1-2H. The number of hydrogen-bond acceptors (Lipinski definition) is 2. The predicted octanol–water partition coefficient (Wildman–Crippen LogP) is 2.64. The highest BCUT2D eigenvalue weighted by Crippen LogP contribution is 2.19. The molecule has 0 saturated heterocycles. The smallest absolute Gasteiger partial charge is 0.100 e. The second kappa shape index (κ2) is 4.06. The molecule has 2 nitrogen and oxygen atoms in total. The number of halogens is 2. The van der Waals surface area contributed by atoms with E-state index in [0.717, 1.165) is 7.14 Å². The average molecular weight is 380 g/mol. The van der Waals surface area contributed by atoms with Gasteiger partial charge in [-0.2, -0.15) is 10.5 Å². The van der Waals surface area contributed by atoms with Crippen molar-refractivity contribution in [2.75, 3.05) is 0 Å². The van der Waals surface area contributed by atoms with E-state index in [9.17, 15) is 0 Å². The fraction of sp³-hybridized carbons (Fsp3) is 0. The van der Waals surface area contributed by atoms with Crippen LogP contribution in [0.25, 0.3) is 0 Å². The Morgan fingerprint density at radius 1 is 0.917 bits per heavy atom. The second-order valence-corrected chi connectivity index (χ2v) is 4.36. The van der Waals surface area contributed by atoms with Crippen LogP contribution in [0.5, 0.6) is 0 Å². The first-order valence-corrected chi connectivity index (χ1v) is 5.14. The largest absolute Gasteiger partial charge is 0.192 e. The lowest BCUT2D eigenvalue weighted by Gasteiger charge is -1.97. The molecule has 0 bridgehead atoms. The minimum absolute atomic E-state index is 0.624. The van der Waals surface area contributed by atoms with E-state index >= 15 is 0 Å². The van der Waals surface area contributed by atoms with Gasteiger partial charge in [0.15, 0.2) is 0 Å². The van der Waals surface area contributed by atoms with Crippen LogP contribution in [-0.2, 0) is 0 Å². The molecule has 1 rings (SSSR count). The lowest BCUT2D eigenvalue weighted by molar-refractivity contribution is 1.41. The van der Waals surface area contributed by atoms with Gasteiger partial charge in [-0.25, -0.2) is 0 Å². The quantitative estimate of drug-likeness (QED) is 0.650. The maximum Gasteiger partial charge on any atom is 0.100 e. The first-order valence-electron chi connectivity index (χ1n) is 2.98. The fourth-order valence-corrected chi connectivity index (χ4v) is 1.89. The summed E-state index contributed by atoms with van der Waals surface area (Å²) in [5.41, 5.74) is 1.25. The van der Waals surface area contributed by atoms with E-state index in [1.54, 1.807) is 12.1 Å². The molecule has 0 aliphatic carbocycles. The Bertz CT molecular complexity index is 359. The molecule has 0 heterocycles. The highest BCUT2D eigenvalue weighted by Gasteiger charge is 2.04. The van der Waals surface area contributed by atoms with Crippen molar-refractivity contribution < 1.29 is 0 Å². The number of hydrogen-bond donors (Lipinski definition) is 0. The summed E-state index contributed by atoms with van der Waals surface area (Å²) in [6.45, 7) is 0. The Balaban J connectivity index is 3.41. The second-order valence-electron chi connectivity index (χ2n) is 2.04. The predicted molar refractivity (Wildman–Crippen MR) is 61.3 cm³/mol. The zero-order chi connectivity index (χ0) is 9.14. The zero-order valence-electron chi connectivity index (χ0n) is 5.81. The van der Waals surface area contributed by atoms with E-state index in [2.05, 4.69) is 12.1 Å². The molecule has 1 aromatic rings. The van der Waals surface area contributed by atoms with Gasteiger partial charge in [0.05, 0.1) is 11.1 Å². The van der Waals surface area contributed by atoms with Crippen LogP contribution in [0.4, 0.5) is 0 Å². The molecule has 0 aliphatic rings. The van der Waals surface area contributed by atoms with Crippen molar-refractivity contribution in [2.45, 2.75) is 0 Å². The molecular weight excluding hydrogens is 378 g/mol. The Hall–Kier alpha value is -0.340. The summed E-state index contributed by atoms with van der Waals surface area (Å²) in [5.74, 6) is 0. The molecule has 1 aromatic carbocycles. The summed E-state index contributed by atoms with van der Waals surface area (Å²) in [4.78, 5) is 0. The van der Waals surface area contributed by atoms with E-state index < -0.39 is 0 Å². The highest BCUT2D eigenvalue weighted by atomic mass is 127. The third kappa shape index (κ3) is 1.87. The Kier molecular flexibility index (Phi) is 3.29. The van der Waals surface area contributed by atoms with Crippen LogP contribution in [0, 0.1) is 29.8 Å². The van der Waals surface area contributed by atoms with Crippen molar-refractivity contribution in [1.29, 1.82) is 10.5 Å². The van der Waals surface area contributed by atoms with Crippen molar-refractivity contribution in [3.05, 3.63) is 30.4 Å². The average Bonchev–Trinajstić information content (AvgIpc) is 2.08. The summed E-state index contributed by atoms with van der Waals surface area (Å²) in [6, 6.07) is 7.58. The third-order valence-corrected chi connectivity index (χ3v) is 3.08. The van der Waals surface area contributed by atoms with Crippen LogP contribution >= 0.6 is 45.2 Å². The number of nitriles is 2. The van der Waals surface area contributed by atoms with Crippen molar-refractivity contribution in [3.63, 3.8) is 0 Å². The molecule has 58 valence electrons. The third-order valence-electron chi connectivity index (χ3n) is 1.30. The maximum atomic E-state index is 8.67. The van der Waals surface area contributed by atoms with E-state index in [4.69, 9.17) is 10.5 Å². The summed E-state index contributed by atoms with van der Waals surface area (Å²) in [5, 5.41) is 17.3. The monoisotopic (exact) mass is 380 g/mol. The van der Waals surface area contributed by atoms with E-state index in [1.165, 1.54) is 0 Å². The van der Waals surface area contributed by atoms with Gasteiger partial charge in [-0.15, -0.1) is 0 Å². The number of nitrogens with zero attached hydrogens (tertiary/aromatic N) is 2. The van der Waals surface area contributed by atoms with E-state index in [1.807, 2.05) is 45.2 Å². The highest BCUT2D eigenvalue weighted by molar-refractivity contribution is 14.1. The van der Waals surface area contributed by atoms with Gasteiger partial charge >= 0.3 is 0 Å². The lowest BCUT2D eigenvalue weighted by Crippen LogP contribution is -1.88. The molecular formula is C8H2I2N2. The minimum Gasteiger partial charge on any atom is -0.192 e. The van der Waals surface area contributed by atoms with Gasteiger partial charge in [0.2, 0.25) is 0 Å². The molecule has 0 aromatic heterocycles. The molecule has 0 N–H and O–H groups in total. The van der Waals surface area contributed by atoms with Gasteiger partial charge in [0.25, 0.3) is 0 Å². The Morgan fingerprint density at radius 2 is 1.25 bits per heavy atom. The van der Waals surface area contributed by atoms with Gasteiger partial charge in [0.1, 0.15) is 12.1 Å². The Labute approximate surface area is 97.5 Å².